The number of alkyl halides is 6. The highest BCUT2D eigenvalue weighted by molar-refractivity contribution is 7.80. The summed E-state index contributed by atoms with van der Waals surface area (Å²) in [7, 11) is 0. The number of allylic oxidation sites excluding steroid dienone is 6. The summed E-state index contributed by atoms with van der Waals surface area (Å²) in [5.74, 6) is -0.308. The molecule has 0 aliphatic heterocycles. The first-order valence-electron chi connectivity index (χ1n) is 9.50. The van der Waals surface area contributed by atoms with E-state index in [1.165, 1.54) is 0 Å². The van der Waals surface area contributed by atoms with E-state index >= 15 is 0 Å². The molecule has 33 heavy (non-hydrogen) atoms. The molecule has 1 aliphatic carbocycles. The highest BCUT2D eigenvalue weighted by Crippen LogP contribution is 2.37. The van der Waals surface area contributed by atoms with Crippen LogP contribution in [-0.4, -0.2) is 11.1 Å². The van der Waals surface area contributed by atoms with Gasteiger partial charge in [-0.05, 0) is 61.0 Å². The first kappa shape index (κ1) is 26.0. The van der Waals surface area contributed by atoms with Crippen molar-refractivity contribution in [3.05, 3.63) is 76.2 Å². The maximum atomic E-state index is 13.1. The maximum absolute atomic E-state index is 13.1. The molecule has 178 valence electrons. The molecule has 0 spiro atoms. The average Bonchev–Trinajstić information content (AvgIpc) is 2.67. The van der Waals surface area contributed by atoms with Crippen LogP contribution in [0.1, 0.15) is 31.4 Å². The van der Waals surface area contributed by atoms with Gasteiger partial charge in [0.15, 0.2) is 11.1 Å². The minimum Gasteiger partial charge on any atom is -0.370 e. The monoisotopic (exact) mass is 489 g/mol. The van der Waals surface area contributed by atoms with Crippen molar-refractivity contribution in [2.24, 2.45) is 5.73 Å². The molecule has 0 amide bonds. The predicted octanol–water partition coefficient (Wildman–Crippen LogP) is 5.56. The Labute approximate surface area is 191 Å². The van der Waals surface area contributed by atoms with Gasteiger partial charge in [0.25, 0.3) is 0 Å². The van der Waals surface area contributed by atoms with E-state index in [1.54, 1.807) is 31.2 Å². The van der Waals surface area contributed by atoms with Crippen molar-refractivity contribution in [3.8, 4) is 0 Å². The molecular weight excluding hydrogens is 468 g/mol. The summed E-state index contributed by atoms with van der Waals surface area (Å²) in [5.41, 5.74) is 4.41. The number of hydrogen-bond donors (Lipinski definition) is 5. The van der Waals surface area contributed by atoms with Crippen molar-refractivity contribution >= 4 is 29.0 Å². The van der Waals surface area contributed by atoms with Gasteiger partial charge in [0, 0.05) is 17.1 Å². The third kappa shape index (κ3) is 7.11. The normalized spacial score (nSPS) is 21.0. The number of anilines is 1. The quantitative estimate of drug-likeness (QED) is 0.166. The largest absolute Gasteiger partial charge is 0.416 e. The third-order valence-electron chi connectivity index (χ3n) is 4.45. The van der Waals surface area contributed by atoms with Gasteiger partial charge >= 0.3 is 12.4 Å². The zero-order valence-corrected chi connectivity index (χ0v) is 18.3. The fourth-order valence-corrected chi connectivity index (χ4v) is 3.24. The van der Waals surface area contributed by atoms with Crippen molar-refractivity contribution in [3.63, 3.8) is 0 Å². The van der Waals surface area contributed by atoms with Crippen molar-refractivity contribution in [2.45, 2.75) is 32.6 Å². The number of halogens is 6. The predicted molar refractivity (Wildman–Crippen MR) is 119 cm³/mol. The van der Waals surface area contributed by atoms with Gasteiger partial charge in [0.2, 0.25) is 0 Å². The molecule has 1 aromatic rings. The van der Waals surface area contributed by atoms with Crippen LogP contribution in [0.5, 0.6) is 0 Å². The van der Waals surface area contributed by atoms with E-state index in [1.807, 2.05) is 6.92 Å². The highest BCUT2D eigenvalue weighted by Gasteiger charge is 2.37. The minimum atomic E-state index is -4.98. The number of rotatable bonds is 4. The molecule has 0 bridgehead atoms. The van der Waals surface area contributed by atoms with Gasteiger partial charge in [-0.3, -0.25) is 5.41 Å². The number of nitrogens with one attached hydrogen (secondary N) is 4. The summed E-state index contributed by atoms with van der Waals surface area (Å²) >= 11 is 5.15. The van der Waals surface area contributed by atoms with Crippen LogP contribution in [0.4, 0.5) is 32.0 Å². The van der Waals surface area contributed by atoms with Crippen molar-refractivity contribution < 1.29 is 26.3 Å². The molecule has 12 heteroatoms. The van der Waals surface area contributed by atoms with E-state index in [0.29, 0.717) is 35.5 Å². The lowest BCUT2D eigenvalue weighted by molar-refractivity contribution is -0.143. The zero-order chi connectivity index (χ0) is 25.0. The SMILES string of the molecule is CCC1=C(NC(=N)N)\C(C)=C\C=C/C=C\1NC(=S)Nc1cc(C(F)(F)F)cc(C(F)(F)F)c1. The van der Waals surface area contributed by atoms with E-state index in [0.717, 1.165) is 5.57 Å². The highest BCUT2D eigenvalue weighted by atomic mass is 32.1. The molecule has 0 saturated carbocycles. The molecule has 1 aromatic carbocycles. The van der Waals surface area contributed by atoms with Gasteiger partial charge in [-0.1, -0.05) is 25.2 Å². The Bertz CT molecular complexity index is 1030. The topological polar surface area (TPSA) is 86.0 Å². The average molecular weight is 489 g/mol. The lowest BCUT2D eigenvalue weighted by atomic mass is 10.00. The fraction of sp³-hybridized carbons (Fsp3) is 0.238. The molecular formula is C21H21F6N5S. The summed E-state index contributed by atoms with van der Waals surface area (Å²) in [6, 6.07) is 1.13. The Balaban J connectivity index is 2.39. The molecule has 0 aromatic heterocycles. The fourth-order valence-electron chi connectivity index (χ4n) is 3.01. The lowest BCUT2D eigenvalue weighted by Gasteiger charge is -2.22. The first-order valence-corrected chi connectivity index (χ1v) is 9.91. The smallest absolute Gasteiger partial charge is 0.370 e. The van der Waals surface area contributed by atoms with Crippen LogP contribution in [0.15, 0.2) is 65.0 Å². The van der Waals surface area contributed by atoms with Crippen LogP contribution in [0.25, 0.3) is 0 Å². The van der Waals surface area contributed by atoms with E-state index in [2.05, 4.69) is 16.0 Å². The van der Waals surface area contributed by atoms with E-state index < -0.39 is 29.2 Å². The Morgan fingerprint density at radius 3 is 1.97 bits per heavy atom. The minimum absolute atomic E-state index is 0.0382. The summed E-state index contributed by atoms with van der Waals surface area (Å²) in [4.78, 5) is 0. The van der Waals surface area contributed by atoms with Gasteiger partial charge in [-0.25, -0.2) is 0 Å². The molecule has 0 saturated heterocycles. The van der Waals surface area contributed by atoms with E-state index in [4.69, 9.17) is 23.4 Å². The number of guanidine groups is 1. The summed E-state index contributed by atoms with van der Waals surface area (Å²) in [6.07, 6.45) is -2.71. The Kier molecular flexibility index (Phi) is 7.96. The van der Waals surface area contributed by atoms with Gasteiger partial charge in [-0.2, -0.15) is 26.3 Å². The number of benzene rings is 1. The second-order valence-corrected chi connectivity index (χ2v) is 7.34. The van der Waals surface area contributed by atoms with Crippen LogP contribution in [0.3, 0.4) is 0 Å². The number of hydrogen-bond acceptors (Lipinski definition) is 2. The van der Waals surface area contributed by atoms with Gasteiger partial charge in [-0.15, -0.1) is 0 Å². The van der Waals surface area contributed by atoms with Crippen LogP contribution in [0.2, 0.25) is 0 Å². The van der Waals surface area contributed by atoms with E-state index in [-0.39, 0.29) is 17.1 Å². The number of thiocarbonyl (C=S) groups is 1. The van der Waals surface area contributed by atoms with Gasteiger partial charge < -0.3 is 21.7 Å². The molecule has 1 aliphatic rings. The molecule has 0 atom stereocenters. The van der Waals surface area contributed by atoms with Crippen LogP contribution in [0, 0.1) is 5.41 Å². The summed E-state index contributed by atoms with van der Waals surface area (Å²) < 4.78 is 78.6. The standard InChI is InChI=1S/C21H21F6N5S/c1-3-15-16(7-5-4-6-11(2)17(15)32-18(28)29)31-19(33)30-14-9-12(20(22,23)24)8-13(10-14)21(25,26)27/h4-10H,3H2,1-2H3,(H4,28,29,32)(H2,30,31,33)/b5-4-,6-4?,7-5?,11-6+,16-7+,16-15?,17-11?,17-15-. The van der Waals surface area contributed by atoms with Crippen molar-refractivity contribution in [2.75, 3.05) is 5.32 Å². The van der Waals surface area contributed by atoms with Gasteiger partial charge in [0.1, 0.15) is 0 Å². The maximum Gasteiger partial charge on any atom is 0.416 e. The van der Waals surface area contributed by atoms with Crippen LogP contribution < -0.4 is 21.7 Å². The Hall–Kier alpha value is -3.28. The van der Waals surface area contributed by atoms with Crippen molar-refractivity contribution in [1.29, 1.82) is 5.41 Å². The molecule has 0 fully saturated rings. The van der Waals surface area contributed by atoms with Gasteiger partial charge in [0.05, 0.1) is 11.1 Å². The molecule has 5 nitrogen and oxygen atoms in total. The molecule has 6 N–H and O–H groups in total. The molecule has 2 rings (SSSR count). The third-order valence-corrected chi connectivity index (χ3v) is 4.65. The first-order chi connectivity index (χ1) is 15.2. The van der Waals surface area contributed by atoms with E-state index in [9.17, 15) is 26.3 Å². The Morgan fingerprint density at radius 1 is 0.939 bits per heavy atom. The van der Waals surface area contributed by atoms with Crippen LogP contribution in [-0.2, 0) is 12.4 Å². The molecule has 0 unspecified atom stereocenters. The van der Waals surface area contributed by atoms with Crippen molar-refractivity contribution in [1.82, 2.24) is 10.6 Å². The summed E-state index contributed by atoms with van der Waals surface area (Å²) in [6.45, 7) is 3.61. The second-order valence-electron chi connectivity index (χ2n) is 6.93. The zero-order valence-electron chi connectivity index (χ0n) is 17.5. The molecule has 0 radical (unpaired) electrons. The Morgan fingerprint density at radius 2 is 1.48 bits per heavy atom. The summed E-state index contributed by atoms with van der Waals surface area (Å²) in [5, 5.41) is 15.3. The molecule has 0 heterocycles. The van der Waals surface area contributed by atoms with Crippen LogP contribution >= 0.6 is 12.2 Å². The lowest BCUT2D eigenvalue weighted by Crippen LogP contribution is -2.34. The second kappa shape index (κ2) is 10.1. The number of nitrogens with two attached hydrogens (primary N) is 1.